The molecule has 0 aromatic carbocycles. The van der Waals surface area contributed by atoms with Gasteiger partial charge >= 0.3 is 0 Å². The summed E-state index contributed by atoms with van der Waals surface area (Å²) in [5, 5.41) is 9.00. The fraction of sp³-hybridized carbons (Fsp3) is 0.900. The number of nitrogens with two attached hydrogens (primary N) is 1. The van der Waals surface area contributed by atoms with Crippen LogP contribution in [0.4, 0.5) is 0 Å². The Kier molecular flexibility index (Phi) is 5.01. The van der Waals surface area contributed by atoms with Gasteiger partial charge in [-0.2, -0.15) is 0 Å². The molecule has 1 rings (SSSR count). The number of aliphatic hydroxyl groups excluding tert-OH is 1. The number of nitrogens with zero attached hydrogens (tertiary/aromatic N) is 1. The highest BCUT2D eigenvalue weighted by Crippen LogP contribution is 2.12. The Morgan fingerprint density at radius 1 is 1.60 bits per heavy atom. The third-order valence-corrected chi connectivity index (χ3v) is 2.48. The van der Waals surface area contributed by atoms with E-state index in [4.69, 9.17) is 15.6 Å². The lowest BCUT2D eigenvalue weighted by Gasteiger charge is -2.36. The average Bonchev–Trinajstić information content (AvgIpc) is 2.24. The van der Waals surface area contributed by atoms with Crippen LogP contribution in [-0.2, 0) is 9.53 Å². The van der Waals surface area contributed by atoms with E-state index >= 15 is 0 Å². The van der Waals surface area contributed by atoms with Crippen LogP contribution < -0.4 is 5.73 Å². The summed E-state index contributed by atoms with van der Waals surface area (Å²) in [7, 11) is 0. The summed E-state index contributed by atoms with van der Waals surface area (Å²) in [5.74, 6) is 0.106. The van der Waals surface area contributed by atoms with Crippen LogP contribution in [0.1, 0.15) is 19.8 Å². The molecule has 1 aliphatic heterocycles. The van der Waals surface area contributed by atoms with E-state index in [1.807, 2.05) is 6.92 Å². The topological polar surface area (TPSA) is 75.8 Å². The monoisotopic (exact) mass is 216 g/mol. The van der Waals surface area contributed by atoms with Crippen molar-refractivity contribution in [2.24, 2.45) is 5.73 Å². The summed E-state index contributed by atoms with van der Waals surface area (Å²) in [6.07, 6.45) is 0.962. The smallest absolute Gasteiger partial charge is 0.222 e. The van der Waals surface area contributed by atoms with Crippen molar-refractivity contribution in [1.82, 2.24) is 4.90 Å². The van der Waals surface area contributed by atoms with E-state index in [0.717, 1.165) is 0 Å². The second kappa shape index (κ2) is 6.05. The number of aliphatic hydroxyl groups is 1. The van der Waals surface area contributed by atoms with E-state index < -0.39 is 0 Å². The third-order valence-electron chi connectivity index (χ3n) is 2.48. The van der Waals surface area contributed by atoms with Crippen LogP contribution in [0.25, 0.3) is 0 Å². The molecule has 5 nitrogen and oxygen atoms in total. The zero-order valence-corrected chi connectivity index (χ0v) is 9.19. The molecule has 1 heterocycles. The van der Waals surface area contributed by atoms with Gasteiger partial charge in [-0.25, -0.2) is 0 Å². The van der Waals surface area contributed by atoms with Gasteiger partial charge < -0.3 is 20.5 Å². The molecule has 0 radical (unpaired) electrons. The summed E-state index contributed by atoms with van der Waals surface area (Å²) in [6.45, 7) is 3.51. The molecule has 1 fully saturated rings. The van der Waals surface area contributed by atoms with Gasteiger partial charge in [0.25, 0.3) is 0 Å². The van der Waals surface area contributed by atoms with Gasteiger partial charge in [-0.3, -0.25) is 4.79 Å². The Balaban J connectivity index is 2.42. The number of carbonyl (C=O) groups is 1. The van der Waals surface area contributed by atoms with Crippen LogP contribution in [0.5, 0.6) is 0 Å². The number of amides is 1. The molecule has 0 aromatic rings. The molecule has 2 unspecified atom stereocenters. The molecule has 2 atom stereocenters. The number of morpholine rings is 1. The summed E-state index contributed by atoms with van der Waals surface area (Å²) in [6, 6.07) is 0. The molecular weight excluding hydrogens is 196 g/mol. The van der Waals surface area contributed by atoms with Crippen LogP contribution in [0.2, 0.25) is 0 Å². The zero-order valence-electron chi connectivity index (χ0n) is 9.19. The maximum atomic E-state index is 11.7. The average molecular weight is 216 g/mol. The van der Waals surface area contributed by atoms with Crippen LogP contribution in [0, 0.1) is 0 Å². The van der Waals surface area contributed by atoms with Gasteiger partial charge in [0.05, 0.1) is 18.8 Å². The fourth-order valence-electron chi connectivity index (χ4n) is 1.76. The predicted octanol–water partition coefficient (Wildman–Crippen LogP) is -0.666. The molecule has 5 heteroatoms. The maximum Gasteiger partial charge on any atom is 0.222 e. The maximum absolute atomic E-state index is 11.7. The minimum atomic E-state index is -0.240. The molecule has 1 saturated heterocycles. The second-order valence-electron chi connectivity index (χ2n) is 3.94. The number of rotatable bonds is 4. The largest absolute Gasteiger partial charge is 0.394 e. The van der Waals surface area contributed by atoms with Crippen molar-refractivity contribution >= 4 is 5.91 Å². The standard InChI is InChI=1S/C10H20N2O3/c1-8-5-12(6-9(7-13)15-8)10(14)3-2-4-11/h8-9,13H,2-7,11H2,1H3. The van der Waals surface area contributed by atoms with Crippen molar-refractivity contribution in [1.29, 1.82) is 0 Å². The highest BCUT2D eigenvalue weighted by molar-refractivity contribution is 5.76. The van der Waals surface area contributed by atoms with Crippen LogP contribution in [-0.4, -0.2) is 54.4 Å². The Hall–Kier alpha value is -0.650. The molecule has 88 valence electrons. The van der Waals surface area contributed by atoms with E-state index in [0.29, 0.717) is 32.5 Å². The number of ether oxygens (including phenoxy) is 1. The Bertz CT molecular complexity index is 211. The molecular formula is C10H20N2O3. The minimum absolute atomic E-state index is 0.00211. The summed E-state index contributed by atoms with van der Waals surface area (Å²) in [5.41, 5.74) is 5.35. The molecule has 1 aliphatic rings. The first-order valence-electron chi connectivity index (χ1n) is 5.41. The molecule has 15 heavy (non-hydrogen) atoms. The summed E-state index contributed by atoms with van der Waals surface area (Å²) < 4.78 is 5.45. The summed E-state index contributed by atoms with van der Waals surface area (Å²) in [4.78, 5) is 13.5. The van der Waals surface area contributed by atoms with Gasteiger partial charge in [0.2, 0.25) is 5.91 Å². The number of carbonyl (C=O) groups excluding carboxylic acids is 1. The van der Waals surface area contributed by atoms with Crippen molar-refractivity contribution in [3.05, 3.63) is 0 Å². The lowest BCUT2D eigenvalue weighted by molar-refractivity contribution is -0.147. The van der Waals surface area contributed by atoms with Crippen molar-refractivity contribution in [2.45, 2.75) is 32.0 Å². The molecule has 1 amide bonds. The fourth-order valence-corrected chi connectivity index (χ4v) is 1.76. The highest BCUT2D eigenvalue weighted by Gasteiger charge is 2.27. The van der Waals surface area contributed by atoms with Crippen molar-refractivity contribution in [3.63, 3.8) is 0 Å². The van der Waals surface area contributed by atoms with Gasteiger partial charge in [-0.1, -0.05) is 0 Å². The van der Waals surface area contributed by atoms with E-state index in [1.165, 1.54) is 0 Å². The van der Waals surface area contributed by atoms with E-state index in [2.05, 4.69) is 0 Å². The molecule has 0 aliphatic carbocycles. The Morgan fingerprint density at radius 2 is 2.33 bits per heavy atom. The minimum Gasteiger partial charge on any atom is -0.394 e. The van der Waals surface area contributed by atoms with Crippen LogP contribution >= 0.6 is 0 Å². The van der Waals surface area contributed by atoms with Gasteiger partial charge in [0, 0.05) is 19.5 Å². The van der Waals surface area contributed by atoms with Gasteiger partial charge in [0.15, 0.2) is 0 Å². The Labute approximate surface area is 90.2 Å². The van der Waals surface area contributed by atoms with Gasteiger partial charge in [0.1, 0.15) is 0 Å². The van der Waals surface area contributed by atoms with Crippen molar-refractivity contribution < 1.29 is 14.6 Å². The predicted molar refractivity (Wildman–Crippen MR) is 56.3 cm³/mol. The molecule has 0 saturated carbocycles. The first kappa shape index (κ1) is 12.4. The van der Waals surface area contributed by atoms with E-state index in [-0.39, 0.29) is 24.7 Å². The Morgan fingerprint density at radius 3 is 2.93 bits per heavy atom. The first-order valence-corrected chi connectivity index (χ1v) is 5.41. The number of hydrogen-bond donors (Lipinski definition) is 2. The lowest BCUT2D eigenvalue weighted by Crippen LogP contribution is -2.50. The molecule has 0 spiro atoms. The van der Waals surface area contributed by atoms with Gasteiger partial charge in [-0.15, -0.1) is 0 Å². The van der Waals surface area contributed by atoms with Crippen molar-refractivity contribution in [2.75, 3.05) is 26.2 Å². The second-order valence-corrected chi connectivity index (χ2v) is 3.94. The molecule has 0 aromatic heterocycles. The quantitative estimate of drug-likeness (QED) is 0.653. The normalized spacial score (nSPS) is 26.7. The van der Waals surface area contributed by atoms with E-state index in [9.17, 15) is 4.79 Å². The van der Waals surface area contributed by atoms with Crippen molar-refractivity contribution in [3.8, 4) is 0 Å². The molecule has 3 N–H and O–H groups in total. The van der Waals surface area contributed by atoms with Crippen LogP contribution in [0.15, 0.2) is 0 Å². The van der Waals surface area contributed by atoms with Gasteiger partial charge in [-0.05, 0) is 19.9 Å². The third kappa shape index (κ3) is 3.77. The SMILES string of the molecule is CC1CN(C(=O)CCCN)CC(CO)O1. The summed E-state index contributed by atoms with van der Waals surface area (Å²) >= 11 is 0. The van der Waals surface area contributed by atoms with Crippen LogP contribution in [0.3, 0.4) is 0 Å². The lowest BCUT2D eigenvalue weighted by atomic mass is 10.2. The first-order chi connectivity index (χ1) is 7.17. The number of hydrogen-bond acceptors (Lipinski definition) is 4. The molecule has 0 bridgehead atoms. The van der Waals surface area contributed by atoms with E-state index in [1.54, 1.807) is 4.90 Å². The zero-order chi connectivity index (χ0) is 11.3. The highest BCUT2D eigenvalue weighted by atomic mass is 16.5.